The van der Waals surface area contributed by atoms with Gasteiger partial charge in [-0.05, 0) is 20.3 Å². The predicted molar refractivity (Wildman–Crippen MR) is 65.4 cm³/mol. The van der Waals surface area contributed by atoms with Crippen LogP contribution in [0.15, 0.2) is 24.3 Å². The van der Waals surface area contributed by atoms with E-state index in [9.17, 15) is 0 Å². The van der Waals surface area contributed by atoms with Crippen LogP contribution in [0.3, 0.4) is 0 Å². The molecule has 1 atom stereocenters. The molecular formula is C12H22S. The van der Waals surface area contributed by atoms with E-state index in [4.69, 9.17) is 0 Å². The number of thioether (sulfide) groups is 1. The summed E-state index contributed by atoms with van der Waals surface area (Å²) >= 11 is 1.98. The van der Waals surface area contributed by atoms with E-state index in [2.05, 4.69) is 47.8 Å². The van der Waals surface area contributed by atoms with E-state index in [1.54, 1.807) is 0 Å². The van der Waals surface area contributed by atoms with Gasteiger partial charge >= 0.3 is 0 Å². The van der Waals surface area contributed by atoms with Crippen LogP contribution in [0.2, 0.25) is 0 Å². The maximum Gasteiger partial charge on any atom is 0.0293 e. The molecule has 0 nitrogen and oxygen atoms in total. The van der Waals surface area contributed by atoms with Gasteiger partial charge in [0.15, 0.2) is 0 Å². The van der Waals surface area contributed by atoms with E-state index in [0.29, 0.717) is 10.00 Å². The summed E-state index contributed by atoms with van der Waals surface area (Å²) in [4.78, 5) is 0. The van der Waals surface area contributed by atoms with E-state index in [-0.39, 0.29) is 0 Å². The van der Waals surface area contributed by atoms with Crippen molar-refractivity contribution in [1.29, 1.82) is 0 Å². The Morgan fingerprint density at radius 1 is 1.23 bits per heavy atom. The topological polar surface area (TPSA) is 0 Å². The SMILES string of the molecule is C=C(C)CC(SC(C)(C)C)C(=C)C. The van der Waals surface area contributed by atoms with Crippen LogP contribution >= 0.6 is 11.8 Å². The van der Waals surface area contributed by atoms with Crippen LogP contribution in [-0.4, -0.2) is 10.00 Å². The van der Waals surface area contributed by atoms with E-state index in [0.717, 1.165) is 6.42 Å². The highest BCUT2D eigenvalue weighted by Crippen LogP contribution is 2.34. The predicted octanol–water partition coefficient (Wildman–Crippen LogP) is 4.43. The first-order chi connectivity index (χ1) is 5.72. The van der Waals surface area contributed by atoms with Gasteiger partial charge in [-0.25, -0.2) is 0 Å². The molecule has 0 aromatic carbocycles. The highest BCUT2D eigenvalue weighted by molar-refractivity contribution is 8.01. The first kappa shape index (κ1) is 12.8. The van der Waals surface area contributed by atoms with E-state index in [1.165, 1.54) is 11.1 Å². The molecule has 0 aromatic heterocycles. The molecule has 0 amide bonds. The third-order valence-electron chi connectivity index (χ3n) is 1.58. The molecule has 0 aromatic rings. The summed E-state index contributed by atoms with van der Waals surface area (Å²) in [7, 11) is 0. The fourth-order valence-corrected chi connectivity index (χ4v) is 2.48. The van der Waals surface area contributed by atoms with E-state index in [1.807, 2.05) is 11.8 Å². The average Bonchev–Trinajstić information content (AvgIpc) is 1.81. The lowest BCUT2D eigenvalue weighted by Gasteiger charge is -2.26. The number of hydrogen-bond donors (Lipinski definition) is 0. The van der Waals surface area contributed by atoms with Crippen molar-refractivity contribution in [2.24, 2.45) is 0 Å². The van der Waals surface area contributed by atoms with Gasteiger partial charge in [0.1, 0.15) is 0 Å². The molecule has 13 heavy (non-hydrogen) atoms. The third-order valence-corrected chi connectivity index (χ3v) is 3.14. The summed E-state index contributed by atoms with van der Waals surface area (Å²) in [6.07, 6.45) is 1.05. The Balaban J connectivity index is 4.27. The first-order valence-corrected chi connectivity index (χ1v) is 5.58. The molecule has 0 saturated heterocycles. The van der Waals surface area contributed by atoms with Crippen LogP contribution < -0.4 is 0 Å². The molecule has 0 spiro atoms. The van der Waals surface area contributed by atoms with Crippen molar-refractivity contribution >= 4 is 11.8 Å². The molecule has 0 heterocycles. The Hall–Kier alpha value is -0.170. The Morgan fingerprint density at radius 2 is 1.69 bits per heavy atom. The minimum atomic E-state index is 0.305. The number of rotatable bonds is 4. The second kappa shape index (κ2) is 4.90. The van der Waals surface area contributed by atoms with Gasteiger partial charge in [0.25, 0.3) is 0 Å². The second-order valence-electron chi connectivity index (χ2n) is 4.73. The van der Waals surface area contributed by atoms with Crippen molar-refractivity contribution in [3.8, 4) is 0 Å². The van der Waals surface area contributed by atoms with Crippen LogP contribution in [-0.2, 0) is 0 Å². The molecule has 0 fully saturated rings. The van der Waals surface area contributed by atoms with Gasteiger partial charge in [0.05, 0.1) is 0 Å². The molecule has 0 bridgehead atoms. The monoisotopic (exact) mass is 198 g/mol. The van der Waals surface area contributed by atoms with Gasteiger partial charge in [-0.3, -0.25) is 0 Å². The molecule has 0 aliphatic heterocycles. The summed E-state index contributed by atoms with van der Waals surface area (Å²) in [5.74, 6) is 0. The normalized spacial score (nSPS) is 13.9. The van der Waals surface area contributed by atoms with Crippen molar-refractivity contribution in [3.63, 3.8) is 0 Å². The van der Waals surface area contributed by atoms with Crippen molar-refractivity contribution in [1.82, 2.24) is 0 Å². The van der Waals surface area contributed by atoms with Crippen LogP contribution in [0, 0.1) is 0 Å². The maximum absolute atomic E-state index is 4.03. The third kappa shape index (κ3) is 6.94. The fourth-order valence-electron chi connectivity index (χ4n) is 1.06. The largest absolute Gasteiger partial charge is 0.148 e. The van der Waals surface area contributed by atoms with Crippen LogP contribution in [0.25, 0.3) is 0 Å². The molecule has 0 rings (SSSR count). The zero-order valence-electron chi connectivity index (χ0n) is 9.61. The maximum atomic E-state index is 4.03. The van der Waals surface area contributed by atoms with Gasteiger partial charge in [-0.2, -0.15) is 0 Å². The highest BCUT2D eigenvalue weighted by Gasteiger charge is 2.19. The smallest absolute Gasteiger partial charge is 0.0293 e. The lowest BCUT2D eigenvalue weighted by atomic mass is 10.1. The summed E-state index contributed by atoms with van der Waals surface area (Å²) < 4.78 is 0.305. The summed E-state index contributed by atoms with van der Waals surface area (Å²) in [6.45, 7) is 18.9. The van der Waals surface area contributed by atoms with Crippen molar-refractivity contribution in [2.75, 3.05) is 0 Å². The Kier molecular flexibility index (Phi) is 4.83. The molecule has 0 N–H and O–H groups in total. The van der Waals surface area contributed by atoms with Crippen molar-refractivity contribution < 1.29 is 0 Å². The van der Waals surface area contributed by atoms with Gasteiger partial charge in [-0.15, -0.1) is 18.3 Å². The Labute approximate surface area is 87.5 Å². The summed E-state index contributed by atoms with van der Waals surface area (Å²) in [6, 6.07) is 0. The first-order valence-electron chi connectivity index (χ1n) is 4.70. The van der Waals surface area contributed by atoms with Gasteiger partial charge in [-0.1, -0.05) is 38.5 Å². The van der Waals surface area contributed by atoms with E-state index >= 15 is 0 Å². The minimum Gasteiger partial charge on any atom is -0.148 e. The van der Waals surface area contributed by atoms with Gasteiger partial charge < -0.3 is 0 Å². The van der Waals surface area contributed by atoms with Gasteiger partial charge in [0.2, 0.25) is 0 Å². The second-order valence-corrected chi connectivity index (χ2v) is 6.76. The minimum absolute atomic E-state index is 0.305. The molecule has 0 radical (unpaired) electrons. The highest BCUT2D eigenvalue weighted by atomic mass is 32.2. The number of allylic oxidation sites excluding steroid dienone is 1. The lowest BCUT2D eigenvalue weighted by molar-refractivity contribution is 0.789. The molecule has 1 heteroatoms. The average molecular weight is 198 g/mol. The molecule has 0 aliphatic carbocycles. The Morgan fingerprint density at radius 3 is 1.92 bits per heavy atom. The van der Waals surface area contributed by atoms with Crippen LogP contribution in [0.4, 0.5) is 0 Å². The van der Waals surface area contributed by atoms with Crippen molar-refractivity contribution in [2.45, 2.75) is 51.0 Å². The van der Waals surface area contributed by atoms with Crippen LogP contribution in [0.5, 0.6) is 0 Å². The molecule has 0 saturated carbocycles. The molecule has 76 valence electrons. The lowest BCUT2D eigenvalue weighted by Crippen LogP contribution is -2.16. The fraction of sp³-hybridized carbons (Fsp3) is 0.667. The van der Waals surface area contributed by atoms with Crippen molar-refractivity contribution in [3.05, 3.63) is 24.3 Å². The Bertz CT molecular complexity index is 196. The zero-order chi connectivity index (χ0) is 10.6. The molecule has 0 aliphatic rings. The van der Waals surface area contributed by atoms with Crippen LogP contribution in [0.1, 0.15) is 41.0 Å². The number of hydrogen-bond acceptors (Lipinski definition) is 1. The standard InChI is InChI=1S/C12H22S/c1-9(2)8-11(10(3)4)13-12(5,6)7/h11H,1,3,8H2,2,4-7H3. The zero-order valence-corrected chi connectivity index (χ0v) is 10.4. The quantitative estimate of drug-likeness (QED) is 0.602. The molecule has 1 unspecified atom stereocenters. The summed E-state index contributed by atoms with van der Waals surface area (Å²) in [5.41, 5.74) is 2.49. The van der Waals surface area contributed by atoms with Gasteiger partial charge in [0, 0.05) is 10.00 Å². The van der Waals surface area contributed by atoms with E-state index < -0.39 is 0 Å². The summed E-state index contributed by atoms with van der Waals surface area (Å²) in [5, 5.41) is 0.525. The molecular weight excluding hydrogens is 176 g/mol.